The van der Waals surface area contributed by atoms with Gasteiger partial charge in [-0.3, -0.25) is 14.5 Å². The number of aliphatic carboxylic acids is 1. The van der Waals surface area contributed by atoms with Gasteiger partial charge in [-0.2, -0.15) is 5.10 Å². The number of thioether (sulfide) groups is 1. The molecule has 0 unspecified atom stereocenters. The lowest BCUT2D eigenvalue weighted by molar-refractivity contribution is -0.137. The molecule has 1 saturated heterocycles. The van der Waals surface area contributed by atoms with E-state index in [-0.39, 0.29) is 12.3 Å². The summed E-state index contributed by atoms with van der Waals surface area (Å²) >= 11 is 6.78. The standard InChI is InChI=1S/C28H29N3O4S2/c1-3-35-22-13-14-23(19(2)16-22)26-20(18-31(29-26)21-10-6-4-7-11-21)17-24-27(34)30(28(36)37-24)15-9-5-8-12-25(32)33/h4,6-7,10-11,13-14,16-18H,3,5,8-9,12,15H2,1-2H3,(H,32,33)/b24-17+. The zero-order valence-corrected chi connectivity index (χ0v) is 22.5. The second-order valence-electron chi connectivity index (χ2n) is 8.66. The number of carboxylic acid groups (broad SMARTS) is 1. The van der Waals surface area contributed by atoms with Gasteiger partial charge in [-0.15, -0.1) is 0 Å². The molecule has 1 aromatic heterocycles. The number of hydrogen-bond acceptors (Lipinski definition) is 6. The average molecular weight is 536 g/mol. The minimum absolute atomic E-state index is 0.130. The van der Waals surface area contributed by atoms with E-state index in [4.69, 9.17) is 27.2 Å². The van der Waals surface area contributed by atoms with E-state index in [1.165, 1.54) is 11.8 Å². The molecule has 1 aliphatic heterocycles. The molecule has 0 bridgehead atoms. The lowest BCUT2D eigenvalue weighted by Gasteiger charge is -2.13. The van der Waals surface area contributed by atoms with E-state index in [1.807, 2.05) is 79.3 Å². The number of nitrogens with zero attached hydrogens (tertiary/aromatic N) is 3. The molecule has 1 fully saturated rings. The van der Waals surface area contributed by atoms with Gasteiger partial charge >= 0.3 is 5.97 Å². The van der Waals surface area contributed by atoms with E-state index in [2.05, 4.69) is 0 Å². The summed E-state index contributed by atoms with van der Waals surface area (Å²) in [6.07, 6.45) is 5.95. The van der Waals surface area contributed by atoms with Crippen LogP contribution in [0.2, 0.25) is 0 Å². The van der Waals surface area contributed by atoms with E-state index in [0.717, 1.165) is 40.2 Å². The molecule has 2 aromatic carbocycles. The summed E-state index contributed by atoms with van der Waals surface area (Å²) in [5.41, 5.74) is 4.48. The van der Waals surface area contributed by atoms with Crippen LogP contribution in [0, 0.1) is 6.92 Å². The number of amides is 1. The predicted molar refractivity (Wildman–Crippen MR) is 151 cm³/mol. The van der Waals surface area contributed by atoms with Crippen LogP contribution in [0.5, 0.6) is 5.75 Å². The van der Waals surface area contributed by atoms with E-state index in [1.54, 1.807) is 4.90 Å². The number of unbranched alkanes of at least 4 members (excludes halogenated alkanes) is 2. The molecule has 1 aliphatic rings. The van der Waals surface area contributed by atoms with Crippen molar-refractivity contribution in [3.8, 4) is 22.7 Å². The molecular weight excluding hydrogens is 506 g/mol. The maximum atomic E-state index is 13.2. The van der Waals surface area contributed by atoms with Crippen molar-refractivity contribution in [1.29, 1.82) is 0 Å². The van der Waals surface area contributed by atoms with Crippen molar-refractivity contribution < 1.29 is 19.4 Å². The first-order valence-electron chi connectivity index (χ1n) is 12.2. The Labute approximate surface area is 226 Å². The molecule has 0 spiro atoms. The summed E-state index contributed by atoms with van der Waals surface area (Å²) in [6.45, 7) is 5.05. The van der Waals surface area contributed by atoms with E-state index in [0.29, 0.717) is 35.2 Å². The summed E-state index contributed by atoms with van der Waals surface area (Å²) in [6, 6.07) is 15.8. The van der Waals surface area contributed by atoms with Gasteiger partial charge < -0.3 is 9.84 Å². The number of rotatable bonds is 11. The maximum Gasteiger partial charge on any atom is 0.303 e. The highest BCUT2D eigenvalue weighted by Crippen LogP contribution is 2.36. The van der Waals surface area contributed by atoms with E-state index >= 15 is 0 Å². The molecule has 37 heavy (non-hydrogen) atoms. The van der Waals surface area contributed by atoms with Crippen molar-refractivity contribution in [2.45, 2.75) is 39.5 Å². The molecule has 192 valence electrons. The number of aryl methyl sites for hydroxylation is 1. The quantitative estimate of drug-likeness (QED) is 0.181. The molecule has 0 aliphatic carbocycles. The van der Waals surface area contributed by atoms with Gasteiger partial charge in [-0.1, -0.05) is 48.6 Å². The number of ether oxygens (including phenoxy) is 1. The molecule has 0 atom stereocenters. The fraction of sp³-hybridized carbons (Fsp3) is 0.286. The Morgan fingerprint density at radius 3 is 2.65 bits per heavy atom. The van der Waals surface area contributed by atoms with Crippen LogP contribution in [0.3, 0.4) is 0 Å². The molecule has 1 N–H and O–H groups in total. The van der Waals surface area contributed by atoms with Gasteiger partial charge in [-0.25, -0.2) is 4.68 Å². The Hall–Kier alpha value is -3.43. The molecule has 0 saturated carbocycles. The number of carbonyl (C=O) groups excluding carboxylic acids is 1. The highest BCUT2D eigenvalue weighted by Gasteiger charge is 2.32. The summed E-state index contributed by atoms with van der Waals surface area (Å²) in [7, 11) is 0. The predicted octanol–water partition coefficient (Wildman–Crippen LogP) is 6.09. The van der Waals surface area contributed by atoms with Gasteiger partial charge in [-0.05, 0) is 68.7 Å². The molecule has 9 heteroatoms. The third-order valence-corrected chi connectivity index (χ3v) is 7.34. The number of aromatic nitrogens is 2. The van der Waals surface area contributed by atoms with E-state index in [9.17, 15) is 9.59 Å². The van der Waals surface area contributed by atoms with Crippen LogP contribution in [-0.2, 0) is 9.59 Å². The van der Waals surface area contributed by atoms with E-state index < -0.39 is 5.97 Å². The van der Waals surface area contributed by atoms with Crippen LogP contribution >= 0.6 is 24.0 Å². The highest BCUT2D eigenvalue weighted by atomic mass is 32.2. The van der Waals surface area contributed by atoms with Gasteiger partial charge in [0.2, 0.25) is 0 Å². The SMILES string of the molecule is CCOc1ccc(-c2nn(-c3ccccc3)cc2/C=C2/SC(=S)N(CCCCCC(=O)O)C2=O)c(C)c1. The second kappa shape index (κ2) is 12.2. The first-order chi connectivity index (χ1) is 17.9. The lowest BCUT2D eigenvalue weighted by atomic mass is 10.0. The van der Waals surface area contributed by atoms with Crippen molar-refractivity contribution >= 4 is 46.3 Å². The van der Waals surface area contributed by atoms with Crippen LogP contribution in [0.25, 0.3) is 23.0 Å². The summed E-state index contributed by atoms with van der Waals surface area (Å²) in [4.78, 5) is 26.1. The Kier molecular flexibility index (Phi) is 8.78. The number of benzene rings is 2. The molecule has 0 radical (unpaired) electrons. The van der Waals surface area contributed by atoms with Crippen LogP contribution < -0.4 is 4.74 Å². The number of carboxylic acids is 1. The van der Waals surface area contributed by atoms with Crippen LogP contribution in [0.4, 0.5) is 0 Å². The van der Waals surface area contributed by atoms with Crippen molar-refractivity contribution in [3.63, 3.8) is 0 Å². The molecule has 3 aromatic rings. The van der Waals surface area contributed by atoms with Gasteiger partial charge in [0.1, 0.15) is 15.8 Å². The first kappa shape index (κ1) is 26.6. The van der Waals surface area contributed by atoms with Crippen molar-refractivity contribution in [1.82, 2.24) is 14.7 Å². The van der Waals surface area contributed by atoms with Gasteiger partial charge in [0.05, 0.1) is 17.2 Å². The third kappa shape index (κ3) is 6.47. The second-order valence-corrected chi connectivity index (χ2v) is 10.3. The molecule has 4 rings (SSSR count). The van der Waals surface area contributed by atoms with Gasteiger partial charge in [0, 0.05) is 30.3 Å². The number of thiocarbonyl (C=S) groups is 1. The lowest BCUT2D eigenvalue weighted by Crippen LogP contribution is -2.29. The Balaban J connectivity index is 1.63. The van der Waals surface area contributed by atoms with Crippen molar-refractivity contribution in [2.75, 3.05) is 13.2 Å². The molecule has 1 amide bonds. The van der Waals surface area contributed by atoms with Crippen molar-refractivity contribution in [2.24, 2.45) is 0 Å². The molecular formula is C28H29N3O4S2. The highest BCUT2D eigenvalue weighted by molar-refractivity contribution is 8.26. The van der Waals surface area contributed by atoms with Crippen molar-refractivity contribution in [3.05, 3.63) is 70.8 Å². The van der Waals surface area contributed by atoms with Crippen LogP contribution in [-0.4, -0.2) is 49.1 Å². The smallest absolute Gasteiger partial charge is 0.303 e. The largest absolute Gasteiger partial charge is 0.494 e. The topological polar surface area (TPSA) is 84.7 Å². The zero-order valence-electron chi connectivity index (χ0n) is 20.8. The monoisotopic (exact) mass is 535 g/mol. The minimum atomic E-state index is -0.803. The normalized spacial score (nSPS) is 14.5. The summed E-state index contributed by atoms with van der Waals surface area (Å²) < 4.78 is 7.99. The first-order valence-corrected chi connectivity index (χ1v) is 13.5. The fourth-order valence-corrected chi connectivity index (χ4v) is 5.43. The number of hydrogen-bond donors (Lipinski definition) is 1. The Morgan fingerprint density at radius 2 is 1.95 bits per heavy atom. The molecule has 7 nitrogen and oxygen atoms in total. The summed E-state index contributed by atoms with van der Waals surface area (Å²) in [5, 5.41) is 13.7. The Bertz CT molecular complexity index is 1330. The van der Waals surface area contributed by atoms with Crippen LogP contribution in [0.15, 0.2) is 59.6 Å². The van der Waals surface area contributed by atoms with Gasteiger partial charge in [0.25, 0.3) is 5.91 Å². The van der Waals surface area contributed by atoms with Crippen LogP contribution in [0.1, 0.15) is 43.7 Å². The minimum Gasteiger partial charge on any atom is -0.494 e. The van der Waals surface area contributed by atoms with Gasteiger partial charge in [0.15, 0.2) is 0 Å². The summed E-state index contributed by atoms with van der Waals surface area (Å²) in [5.74, 6) is -0.129. The number of carbonyl (C=O) groups is 2. The third-order valence-electron chi connectivity index (χ3n) is 5.96. The Morgan fingerprint density at radius 1 is 1.16 bits per heavy atom. The number of para-hydroxylation sites is 1. The average Bonchev–Trinajstić information content (AvgIpc) is 3.40. The fourth-order valence-electron chi connectivity index (χ4n) is 4.13. The molecule has 2 heterocycles. The maximum absolute atomic E-state index is 13.2. The zero-order chi connectivity index (χ0) is 26.4.